The minimum absolute atomic E-state index is 0.387. The molecule has 0 radical (unpaired) electrons. The van der Waals surface area contributed by atoms with Crippen LogP contribution in [0.3, 0.4) is 0 Å². The average Bonchev–Trinajstić information content (AvgIpc) is 2.40. The highest BCUT2D eigenvalue weighted by atomic mass is 16.4. The Hall–Kier alpha value is -1.31. The van der Waals surface area contributed by atoms with Crippen LogP contribution in [0.2, 0.25) is 0 Å². The first kappa shape index (κ1) is 13.1. The molecule has 18 heavy (non-hydrogen) atoms. The van der Waals surface area contributed by atoms with E-state index < -0.39 is 5.97 Å². The Morgan fingerprint density at radius 3 is 2.28 bits per heavy atom. The number of benzene rings is 1. The molecule has 1 aliphatic rings. The van der Waals surface area contributed by atoms with Crippen LogP contribution in [0.1, 0.15) is 67.3 Å². The maximum Gasteiger partial charge on any atom is 0.335 e. The minimum atomic E-state index is -0.840. The lowest BCUT2D eigenvalue weighted by atomic mass is 9.77. The summed E-state index contributed by atoms with van der Waals surface area (Å²) in [5.74, 6) is 0.721. The predicted octanol–water partition coefficient (Wildman–Crippen LogP) is 4.46. The number of carboxylic acid groups (broad SMARTS) is 1. The third-order valence-electron chi connectivity index (χ3n) is 4.17. The molecule has 0 spiro atoms. The van der Waals surface area contributed by atoms with Gasteiger partial charge in [-0.05, 0) is 55.2 Å². The number of carbonyl (C=O) groups is 1. The zero-order chi connectivity index (χ0) is 13.0. The highest BCUT2D eigenvalue weighted by molar-refractivity contribution is 5.87. The molecule has 0 aromatic heterocycles. The molecule has 0 aliphatic heterocycles. The van der Waals surface area contributed by atoms with Crippen molar-refractivity contribution < 1.29 is 9.90 Å². The second kappa shape index (κ2) is 6.03. The second-order valence-corrected chi connectivity index (χ2v) is 5.43. The van der Waals surface area contributed by atoms with Gasteiger partial charge in [0.05, 0.1) is 5.56 Å². The van der Waals surface area contributed by atoms with Crippen LogP contribution in [0, 0.1) is 5.92 Å². The molecule has 2 rings (SSSR count). The predicted molar refractivity (Wildman–Crippen MR) is 73.0 cm³/mol. The van der Waals surface area contributed by atoms with E-state index in [2.05, 4.69) is 6.92 Å². The van der Waals surface area contributed by atoms with E-state index in [-0.39, 0.29) is 0 Å². The van der Waals surface area contributed by atoms with Crippen LogP contribution in [0.5, 0.6) is 0 Å². The van der Waals surface area contributed by atoms with E-state index in [4.69, 9.17) is 5.11 Å². The molecule has 1 saturated carbocycles. The summed E-state index contributed by atoms with van der Waals surface area (Å²) >= 11 is 0. The lowest BCUT2D eigenvalue weighted by Crippen LogP contribution is -2.13. The molecule has 0 heterocycles. The minimum Gasteiger partial charge on any atom is -0.478 e. The molecule has 2 nitrogen and oxygen atoms in total. The summed E-state index contributed by atoms with van der Waals surface area (Å²) in [5.41, 5.74) is 1.70. The van der Waals surface area contributed by atoms with Gasteiger partial charge in [-0.15, -0.1) is 0 Å². The van der Waals surface area contributed by atoms with Crippen molar-refractivity contribution in [1.82, 2.24) is 0 Å². The van der Waals surface area contributed by atoms with E-state index >= 15 is 0 Å². The number of carboxylic acids is 1. The monoisotopic (exact) mass is 246 g/mol. The van der Waals surface area contributed by atoms with Crippen molar-refractivity contribution >= 4 is 5.97 Å². The van der Waals surface area contributed by atoms with Gasteiger partial charge in [-0.2, -0.15) is 0 Å². The van der Waals surface area contributed by atoms with Gasteiger partial charge < -0.3 is 5.11 Å². The molecule has 0 unspecified atom stereocenters. The Morgan fingerprint density at radius 2 is 1.78 bits per heavy atom. The summed E-state index contributed by atoms with van der Waals surface area (Å²) in [5, 5.41) is 8.88. The first-order chi connectivity index (χ1) is 8.70. The fraction of sp³-hybridized carbons (Fsp3) is 0.562. The first-order valence-electron chi connectivity index (χ1n) is 7.04. The molecule has 1 aromatic carbocycles. The van der Waals surface area contributed by atoms with E-state index in [1.165, 1.54) is 44.1 Å². The van der Waals surface area contributed by atoms with E-state index in [0.717, 1.165) is 5.92 Å². The Kier molecular flexibility index (Phi) is 4.40. The van der Waals surface area contributed by atoms with Crippen molar-refractivity contribution in [3.63, 3.8) is 0 Å². The molecule has 0 bridgehead atoms. The Morgan fingerprint density at radius 1 is 1.17 bits per heavy atom. The number of hydrogen-bond acceptors (Lipinski definition) is 1. The van der Waals surface area contributed by atoms with Crippen LogP contribution in [0.4, 0.5) is 0 Å². The van der Waals surface area contributed by atoms with Crippen molar-refractivity contribution in [2.45, 2.75) is 51.4 Å². The Balaban J connectivity index is 1.95. The number of rotatable bonds is 4. The molecule has 2 heteroatoms. The zero-order valence-electron chi connectivity index (χ0n) is 11.1. The van der Waals surface area contributed by atoms with Crippen LogP contribution in [-0.4, -0.2) is 11.1 Å². The normalized spacial score (nSPS) is 23.8. The van der Waals surface area contributed by atoms with Crippen LogP contribution < -0.4 is 0 Å². The molecule has 98 valence electrons. The lowest BCUT2D eigenvalue weighted by molar-refractivity contribution is 0.0697. The van der Waals surface area contributed by atoms with Gasteiger partial charge in [0.2, 0.25) is 0 Å². The summed E-state index contributed by atoms with van der Waals surface area (Å²) in [6, 6.07) is 7.45. The maximum absolute atomic E-state index is 10.8. The summed E-state index contributed by atoms with van der Waals surface area (Å²) < 4.78 is 0. The van der Waals surface area contributed by atoms with Gasteiger partial charge >= 0.3 is 5.97 Å². The van der Waals surface area contributed by atoms with Gasteiger partial charge in [-0.3, -0.25) is 0 Å². The highest BCUT2D eigenvalue weighted by Gasteiger charge is 2.21. The van der Waals surface area contributed by atoms with E-state index in [1.54, 1.807) is 12.1 Å². The summed E-state index contributed by atoms with van der Waals surface area (Å²) in [6.45, 7) is 2.26. The smallest absolute Gasteiger partial charge is 0.335 e. The SMILES string of the molecule is CCC[C@H]1CC[C@H](c2ccc(C(=O)O)cc2)CC1. The molecular formula is C16H22O2. The van der Waals surface area contributed by atoms with Gasteiger partial charge in [0.15, 0.2) is 0 Å². The third-order valence-corrected chi connectivity index (χ3v) is 4.17. The first-order valence-corrected chi connectivity index (χ1v) is 7.04. The molecule has 1 fully saturated rings. The number of hydrogen-bond donors (Lipinski definition) is 1. The van der Waals surface area contributed by atoms with Crippen molar-refractivity contribution in [3.05, 3.63) is 35.4 Å². The van der Waals surface area contributed by atoms with Crippen LogP contribution in [-0.2, 0) is 0 Å². The average molecular weight is 246 g/mol. The highest BCUT2D eigenvalue weighted by Crippen LogP contribution is 2.37. The van der Waals surface area contributed by atoms with Crippen molar-refractivity contribution in [1.29, 1.82) is 0 Å². The zero-order valence-corrected chi connectivity index (χ0v) is 11.1. The van der Waals surface area contributed by atoms with E-state index in [9.17, 15) is 4.79 Å². The fourth-order valence-electron chi connectivity index (χ4n) is 3.09. The molecule has 1 aliphatic carbocycles. The molecule has 0 atom stereocenters. The van der Waals surface area contributed by atoms with Crippen molar-refractivity contribution in [2.24, 2.45) is 5.92 Å². The topological polar surface area (TPSA) is 37.3 Å². The molecule has 0 amide bonds. The summed E-state index contributed by atoms with van der Waals surface area (Å²) in [7, 11) is 0. The van der Waals surface area contributed by atoms with E-state index in [0.29, 0.717) is 11.5 Å². The van der Waals surface area contributed by atoms with Crippen LogP contribution >= 0.6 is 0 Å². The maximum atomic E-state index is 10.8. The Bertz CT molecular complexity index is 386. The molecule has 1 aromatic rings. The van der Waals surface area contributed by atoms with Crippen molar-refractivity contribution in [2.75, 3.05) is 0 Å². The fourth-order valence-corrected chi connectivity index (χ4v) is 3.09. The quantitative estimate of drug-likeness (QED) is 0.851. The van der Waals surface area contributed by atoms with Crippen LogP contribution in [0.15, 0.2) is 24.3 Å². The van der Waals surface area contributed by atoms with E-state index in [1.807, 2.05) is 12.1 Å². The standard InChI is InChI=1S/C16H22O2/c1-2-3-12-4-6-13(7-5-12)14-8-10-15(11-9-14)16(17)18/h8-13H,2-7H2,1H3,(H,17,18)/t12-,13-. The van der Waals surface area contributed by atoms with Gasteiger partial charge in [0.25, 0.3) is 0 Å². The second-order valence-electron chi connectivity index (χ2n) is 5.43. The molecule has 1 N–H and O–H groups in total. The Labute approximate surface area is 109 Å². The lowest BCUT2D eigenvalue weighted by Gasteiger charge is -2.28. The van der Waals surface area contributed by atoms with Crippen molar-refractivity contribution in [3.8, 4) is 0 Å². The summed E-state index contributed by atoms with van der Waals surface area (Å²) in [4.78, 5) is 10.8. The van der Waals surface area contributed by atoms with Gasteiger partial charge in [0, 0.05) is 0 Å². The largest absolute Gasteiger partial charge is 0.478 e. The van der Waals surface area contributed by atoms with Gasteiger partial charge in [-0.1, -0.05) is 31.9 Å². The summed E-state index contributed by atoms with van der Waals surface area (Å²) in [6.07, 6.45) is 7.85. The third kappa shape index (κ3) is 3.12. The van der Waals surface area contributed by atoms with Gasteiger partial charge in [0.1, 0.15) is 0 Å². The molecule has 0 saturated heterocycles. The van der Waals surface area contributed by atoms with Crippen LogP contribution in [0.25, 0.3) is 0 Å². The van der Waals surface area contributed by atoms with Gasteiger partial charge in [-0.25, -0.2) is 4.79 Å². The number of aromatic carboxylic acids is 1. The molecular weight excluding hydrogens is 224 g/mol.